The highest BCUT2D eigenvalue weighted by molar-refractivity contribution is 5.96. The lowest BCUT2D eigenvalue weighted by molar-refractivity contribution is -0.141. The molecule has 1 aromatic carbocycles. The van der Waals surface area contributed by atoms with Crippen LogP contribution < -0.4 is 0 Å². The monoisotopic (exact) mass is 273 g/mol. The second kappa shape index (κ2) is 5.56. The Labute approximate surface area is 116 Å². The molecule has 1 N–H and O–H groups in total. The van der Waals surface area contributed by atoms with Gasteiger partial charge in [0.2, 0.25) is 0 Å². The van der Waals surface area contributed by atoms with Crippen molar-refractivity contribution in [2.45, 2.75) is 13.0 Å². The molecule has 1 aromatic heterocycles. The van der Waals surface area contributed by atoms with E-state index in [9.17, 15) is 9.59 Å². The largest absolute Gasteiger partial charge is 0.480 e. The molecule has 1 atom stereocenters. The quantitative estimate of drug-likeness (QED) is 0.914. The number of rotatable bonds is 4. The van der Waals surface area contributed by atoms with Crippen molar-refractivity contribution in [2.75, 3.05) is 7.05 Å². The van der Waals surface area contributed by atoms with E-state index in [4.69, 9.17) is 5.11 Å². The molecule has 1 amide bonds. The first-order chi connectivity index (χ1) is 9.50. The average Bonchev–Trinajstić information content (AvgIpc) is 2.95. The summed E-state index contributed by atoms with van der Waals surface area (Å²) in [5, 5.41) is 13.0. The molecule has 0 saturated heterocycles. The van der Waals surface area contributed by atoms with Gasteiger partial charge < -0.3 is 10.0 Å². The number of nitrogens with zero attached hydrogens (tertiary/aromatic N) is 3. The molecule has 6 heteroatoms. The van der Waals surface area contributed by atoms with Crippen molar-refractivity contribution in [2.24, 2.45) is 0 Å². The number of benzene rings is 1. The molecule has 104 valence electrons. The topological polar surface area (TPSA) is 75.4 Å². The molecular weight excluding hydrogens is 258 g/mol. The van der Waals surface area contributed by atoms with Gasteiger partial charge in [-0.25, -0.2) is 9.48 Å². The van der Waals surface area contributed by atoms with Gasteiger partial charge in [0.15, 0.2) is 0 Å². The molecule has 0 radical (unpaired) electrons. The van der Waals surface area contributed by atoms with E-state index >= 15 is 0 Å². The lowest BCUT2D eigenvalue weighted by Crippen LogP contribution is -2.40. The van der Waals surface area contributed by atoms with E-state index in [1.165, 1.54) is 25.1 Å². The zero-order valence-corrected chi connectivity index (χ0v) is 11.2. The van der Waals surface area contributed by atoms with Gasteiger partial charge in [0.25, 0.3) is 5.91 Å². The Bertz CT molecular complexity index is 622. The molecule has 6 nitrogen and oxygen atoms in total. The van der Waals surface area contributed by atoms with Crippen LogP contribution in [0.25, 0.3) is 5.69 Å². The van der Waals surface area contributed by atoms with Crippen LogP contribution in [0, 0.1) is 0 Å². The first-order valence-electron chi connectivity index (χ1n) is 6.10. The normalized spacial score (nSPS) is 11.9. The minimum Gasteiger partial charge on any atom is -0.480 e. The van der Waals surface area contributed by atoms with Crippen LogP contribution in [-0.2, 0) is 4.79 Å². The van der Waals surface area contributed by atoms with E-state index in [0.29, 0.717) is 5.56 Å². The predicted octanol–water partition coefficient (Wildman–Crippen LogP) is 1.42. The zero-order chi connectivity index (χ0) is 14.7. The third kappa shape index (κ3) is 2.69. The third-order valence-corrected chi connectivity index (χ3v) is 3.11. The van der Waals surface area contributed by atoms with Gasteiger partial charge in [0, 0.05) is 13.2 Å². The van der Waals surface area contributed by atoms with Crippen LogP contribution >= 0.6 is 0 Å². The van der Waals surface area contributed by atoms with E-state index in [2.05, 4.69) is 5.10 Å². The molecule has 20 heavy (non-hydrogen) atoms. The van der Waals surface area contributed by atoms with Crippen LogP contribution in [0.2, 0.25) is 0 Å². The summed E-state index contributed by atoms with van der Waals surface area (Å²) < 4.78 is 1.58. The number of likely N-dealkylation sites (N-methyl/N-ethyl adjacent to an activating group) is 1. The third-order valence-electron chi connectivity index (χ3n) is 3.11. The van der Waals surface area contributed by atoms with E-state index in [1.807, 2.05) is 30.3 Å². The van der Waals surface area contributed by atoms with Crippen molar-refractivity contribution in [1.29, 1.82) is 0 Å². The number of aliphatic carboxylic acids is 1. The van der Waals surface area contributed by atoms with Crippen LogP contribution in [0.15, 0.2) is 42.7 Å². The number of amides is 1. The van der Waals surface area contributed by atoms with Crippen molar-refractivity contribution < 1.29 is 14.7 Å². The highest BCUT2D eigenvalue weighted by atomic mass is 16.4. The number of carbonyl (C=O) groups excluding carboxylic acids is 1. The molecule has 0 saturated carbocycles. The Morgan fingerprint density at radius 3 is 2.55 bits per heavy atom. The van der Waals surface area contributed by atoms with Gasteiger partial charge in [-0.05, 0) is 19.1 Å². The summed E-state index contributed by atoms with van der Waals surface area (Å²) in [4.78, 5) is 24.2. The average molecular weight is 273 g/mol. The van der Waals surface area contributed by atoms with E-state index < -0.39 is 12.0 Å². The van der Waals surface area contributed by atoms with E-state index in [0.717, 1.165) is 5.69 Å². The van der Waals surface area contributed by atoms with Gasteiger partial charge in [-0.15, -0.1) is 0 Å². The predicted molar refractivity (Wildman–Crippen MR) is 72.8 cm³/mol. The van der Waals surface area contributed by atoms with Crippen molar-refractivity contribution >= 4 is 11.9 Å². The van der Waals surface area contributed by atoms with Gasteiger partial charge >= 0.3 is 5.97 Å². The lowest BCUT2D eigenvalue weighted by Gasteiger charge is -2.20. The summed E-state index contributed by atoms with van der Waals surface area (Å²) in [6, 6.07) is 8.48. The summed E-state index contributed by atoms with van der Waals surface area (Å²) >= 11 is 0. The summed E-state index contributed by atoms with van der Waals surface area (Å²) in [7, 11) is 1.46. The van der Waals surface area contributed by atoms with Crippen LogP contribution in [0.5, 0.6) is 0 Å². The van der Waals surface area contributed by atoms with Crippen molar-refractivity contribution in [3.8, 4) is 5.69 Å². The lowest BCUT2D eigenvalue weighted by atomic mass is 10.2. The maximum atomic E-state index is 12.1. The Hall–Kier alpha value is -2.63. The first kappa shape index (κ1) is 13.8. The Morgan fingerprint density at radius 2 is 1.95 bits per heavy atom. The summed E-state index contributed by atoms with van der Waals surface area (Å²) in [6.07, 6.45) is 3.02. The van der Waals surface area contributed by atoms with Gasteiger partial charge in [-0.2, -0.15) is 5.10 Å². The number of hydrogen-bond donors (Lipinski definition) is 1. The Balaban J connectivity index is 2.21. The van der Waals surface area contributed by atoms with Crippen molar-refractivity contribution in [3.63, 3.8) is 0 Å². The van der Waals surface area contributed by atoms with Crippen molar-refractivity contribution in [3.05, 3.63) is 48.3 Å². The number of carboxylic acids is 1. The molecule has 1 unspecified atom stereocenters. The summed E-state index contributed by atoms with van der Waals surface area (Å²) in [5.41, 5.74) is 1.19. The molecule has 1 heterocycles. The summed E-state index contributed by atoms with van der Waals surface area (Å²) in [6.45, 7) is 1.46. The fraction of sp³-hybridized carbons (Fsp3) is 0.214. The first-order valence-corrected chi connectivity index (χ1v) is 6.10. The minimum atomic E-state index is -1.05. The van der Waals surface area contributed by atoms with Crippen LogP contribution in [0.3, 0.4) is 0 Å². The zero-order valence-electron chi connectivity index (χ0n) is 11.2. The molecule has 0 spiro atoms. The van der Waals surface area contributed by atoms with E-state index in [-0.39, 0.29) is 5.91 Å². The van der Waals surface area contributed by atoms with Gasteiger partial charge in [0.1, 0.15) is 6.04 Å². The van der Waals surface area contributed by atoms with Crippen LogP contribution in [0.1, 0.15) is 17.3 Å². The number of carbonyl (C=O) groups is 2. The molecule has 0 aliphatic carbocycles. The number of aromatic nitrogens is 2. The highest BCUT2D eigenvalue weighted by Crippen LogP contribution is 2.10. The smallest absolute Gasteiger partial charge is 0.326 e. The van der Waals surface area contributed by atoms with Crippen LogP contribution in [0.4, 0.5) is 0 Å². The number of para-hydroxylation sites is 1. The van der Waals surface area contributed by atoms with Gasteiger partial charge in [-0.1, -0.05) is 18.2 Å². The minimum absolute atomic E-state index is 0.351. The second-order valence-electron chi connectivity index (χ2n) is 4.44. The summed E-state index contributed by atoms with van der Waals surface area (Å²) in [5.74, 6) is -1.42. The number of carboxylic acid groups (broad SMARTS) is 1. The maximum absolute atomic E-state index is 12.1. The molecule has 0 aliphatic heterocycles. The molecule has 0 bridgehead atoms. The molecule has 2 aromatic rings. The molecule has 0 aliphatic rings. The van der Waals surface area contributed by atoms with Gasteiger partial charge in [0.05, 0.1) is 17.4 Å². The van der Waals surface area contributed by atoms with E-state index in [1.54, 1.807) is 10.9 Å². The Morgan fingerprint density at radius 1 is 1.30 bits per heavy atom. The fourth-order valence-electron chi connectivity index (χ4n) is 1.70. The second-order valence-corrected chi connectivity index (χ2v) is 4.44. The molecular formula is C14H15N3O3. The standard InChI is InChI=1S/C14H15N3O3/c1-10(14(19)20)16(2)13(18)11-8-15-17(9-11)12-6-4-3-5-7-12/h3-10H,1-2H3,(H,19,20). The van der Waals surface area contributed by atoms with Crippen LogP contribution in [-0.4, -0.2) is 44.8 Å². The molecule has 2 rings (SSSR count). The SMILES string of the molecule is CC(C(=O)O)N(C)C(=O)c1cnn(-c2ccccc2)c1. The highest BCUT2D eigenvalue weighted by Gasteiger charge is 2.23. The van der Waals surface area contributed by atoms with Gasteiger partial charge in [-0.3, -0.25) is 4.79 Å². The number of hydrogen-bond acceptors (Lipinski definition) is 3. The Kier molecular flexibility index (Phi) is 3.84. The van der Waals surface area contributed by atoms with Crippen molar-refractivity contribution in [1.82, 2.24) is 14.7 Å². The fourth-order valence-corrected chi connectivity index (χ4v) is 1.70. The maximum Gasteiger partial charge on any atom is 0.326 e. The molecule has 0 fully saturated rings.